The molecule has 0 aliphatic rings. The third-order valence-electron chi connectivity index (χ3n) is 2.90. The number of halogens is 4. The molecule has 11 heteroatoms. The molecule has 6 nitrogen and oxygen atoms in total. The van der Waals surface area contributed by atoms with Crippen molar-refractivity contribution in [1.82, 2.24) is 0 Å². The number of sulfonamides is 1. The summed E-state index contributed by atoms with van der Waals surface area (Å²) in [6.07, 6.45) is -4.78. The molecule has 0 saturated heterocycles. The van der Waals surface area contributed by atoms with E-state index in [1.165, 1.54) is 0 Å². The summed E-state index contributed by atoms with van der Waals surface area (Å²) >= 11 is 0. The van der Waals surface area contributed by atoms with Gasteiger partial charge in [-0.15, -0.1) is 0 Å². The van der Waals surface area contributed by atoms with Crippen molar-refractivity contribution in [1.29, 1.82) is 0 Å². The number of benzene rings is 2. The second kappa shape index (κ2) is 6.07. The average Bonchev–Trinajstić information content (AvgIpc) is 2.48. The fourth-order valence-corrected chi connectivity index (χ4v) is 2.79. The summed E-state index contributed by atoms with van der Waals surface area (Å²) in [5, 5.41) is 10.5. The fraction of sp³-hybridized carbons (Fsp3) is 0.0769. The zero-order chi connectivity index (χ0) is 18.1. The lowest BCUT2D eigenvalue weighted by Crippen LogP contribution is -2.15. The molecule has 0 aliphatic carbocycles. The first kappa shape index (κ1) is 17.7. The maximum absolute atomic E-state index is 13.6. The summed E-state index contributed by atoms with van der Waals surface area (Å²) < 4.78 is 77.3. The molecule has 2 aromatic carbocycles. The second-order valence-electron chi connectivity index (χ2n) is 4.55. The Morgan fingerprint density at radius 2 is 1.62 bits per heavy atom. The van der Waals surface area contributed by atoms with E-state index in [1.807, 2.05) is 0 Å². The van der Waals surface area contributed by atoms with Gasteiger partial charge in [0.2, 0.25) is 0 Å². The third kappa shape index (κ3) is 3.79. The van der Waals surface area contributed by atoms with Crippen LogP contribution in [0.25, 0.3) is 0 Å². The van der Waals surface area contributed by atoms with Gasteiger partial charge in [0.25, 0.3) is 15.7 Å². The Morgan fingerprint density at radius 1 is 1.04 bits per heavy atom. The molecule has 0 radical (unpaired) electrons. The van der Waals surface area contributed by atoms with Gasteiger partial charge in [0, 0.05) is 12.1 Å². The van der Waals surface area contributed by atoms with Crippen molar-refractivity contribution in [3.63, 3.8) is 0 Å². The van der Waals surface area contributed by atoms with Crippen LogP contribution >= 0.6 is 0 Å². The predicted octanol–water partition coefficient (Wildman–Crippen LogP) is 3.55. The van der Waals surface area contributed by atoms with E-state index in [9.17, 15) is 36.1 Å². The Labute approximate surface area is 132 Å². The molecule has 0 bridgehead atoms. The fourth-order valence-electron chi connectivity index (χ4n) is 1.73. The van der Waals surface area contributed by atoms with Gasteiger partial charge in [0.15, 0.2) is 0 Å². The molecule has 0 atom stereocenters. The highest BCUT2D eigenvalue weighted by Crippen LogP contribution is 2.32. The van der Waals surface area contributed by atoms with Gasteiger partial charge in [-0.2, -0.15) is 13.2 Å². The summed E-state index contributed by atoms with van der Waals surface area (Å²) in [6, 6.07) is 4.83. The minimum absolute atomic E-state index is 0.318. The molecule has 24 heavy (non-hydrogen) atoms. The van der Waals surface area contributed by atoms with Crippen LogP contribution in [0.15, 0.2) is 47.4 Å². The number of nitrogens with zero attached hydrogens (tertiary/aromatic N) is 1. The Hall–Kier alpha value is -2.69. The largest absolute Gasteiger partial charge is 0.416 e. The number of non-ortho nitro benzene ring substituents is 1. The Balaban J connectivity index is 2.37. The maximum atomic E-state index is 13.6. The summed E-state index contributed by atoms with van der Waals surface area (Å²) in [4.78, 5) is 9.29. The Morgan fingerprint density at radius 3 is 2.12 bits per heavy atom. The molecule has 0 aliphatic heterocycles. The zero-order valence-corrected chi connectivity index (χ0v) is 12.4. The predicted molar refractivity (Wildman–Crippen MR) is 75.3 cm³/mol. The molecule has 2 aromatic rings. The van der Waals surface area contributed by atoms with Crippen LogP contribution in [0.3, 0.4) is 0 Å². The zero-order valence-electron chi connectivity index (χ0n) is 11.5. The molecule has 0 spiro atoms. The molecule has 0 saturated carbocycles. The Kier molecular flexibility index (Phi) is 4.47. The van der Waals surface area contributed by atoms with Gasteiger partial charge in [-0.3, -0.25) is 14.8 Å². The molecular formula is C13H8F4N2O4S. The van der Waals surface area contributed by atoms with E-state index < -0.39 is 43.1 Å². The lowest BCUT2D eigenvalue weighted by molar-refractivity contribution is -0.384. The molecule has 0 amide bonds. The maximum Gasteiger partial charge on any atom is 0.416 e. The lowest BCUT2D eigenvalue weighted by atomic mass is 10.2. The van der Waals surface area contributed by atoms with Gasteiger partial charge in [-0.1, -0.05) is 0 Å². The van der Waals surface area contributed by atoms with Crippen LogP contribution in [0.5, 0.6) is 0 Å². The molecular weight excluding hydrogens is 356 g/mol. The molecule has 2 rings (SSSR count). The van der Waals surface area contributed by atoms with Gasteiger partial charge in [0.05, 0.1) is 21.1 Å². The van der Waals surface area contributed by atoms with Crippen molar-refractivity contribution in [2.24, 2.45) is 0 Å². The topological polar surface area (TPSA) is 89.3 Å². The van der Waals surface area contributed by atoms with E-state index in [2.05, 4.69) is 0 Å². The average molecular weight is 364 g/mol. The van der Waals surface area contributed by atoms with Crippen molar-refractivity contribution in [3.8, 4) is 0 Å². The van der Waals surface area contributed by atoms with Gasteiger partial charge < -0.3 is 0 Å². The molecule has 0 unspecified atom stereocenters. The van der Waals surface area contributed by atoms with E-state index in [4.69, 9.17) is 0 Å². The molecule has 0 heterocycles. The normalized spacial score (nSPS) is 12.0. The number of nitro benzene ring substituents is 1. The van der Waals surface area contributed by atoms with Crippen LogP contribution in [0.2, 0.25) is 0 Å². The first-order valence-corrected chi connectivity index (χ1v) is 7.63. The molecule has 0 fully saturated rings. The number of nitro groups is 1. The van der Waals surface area contributed by atoms with E-state index in [-0.39, 0.29) is 5.69 Å². The van der Waals surface area contributed by atoms with Crippen LogP contribution in [-0.4, -0.2) is 13.3 Å². The molecule has 0 aromatic heterocycles. The van der Waals surface area contributed by atoms with Crippen LogP contribution in [0.1, 0.15) is 5.56 Å². The smallest absolute Gasteiger partial charge is 0.277 e. The van der Waals surface area contributed by atoms with Crippen molar-refractivity contribution < 1.29 is 30.9 Å². The SMILES string of the molecule is O=[N+]([O-])c1ccc(S(=O)(=O)Nc2cc(C(F)(F)F)ccc2F)cc1. The number of nitrogens with one attached hydrogen (secondary N) is 1. The highest BCUT2D eigenvalue weighted by Gasteiger charge is 2.31. The first-order valence-electron chi connectivity index (χ1n) is 6.15. The summed E-state index contributed by atoms with van der Waals surface area (Å²) in [5.41, 5.74) is -2.49. The van der Waals surface area contributed by atoms with Crippen molar-refractivity contribution in [3.05, 3.63) is 64.0 Å². The van der Waals surface area contributed by atoms with Gasteiger partial charge >= 0.3 is 6.18 Å². The lowest BCUT2D eigenvalue weighted by Gasteiger charge is -2.12. The first-order chi connectivity index (χ1) is 11.0. The summed E-state index contributed by atoms with van der Waals surface area (Å²) in [6.45, 7) is 0. The molecule has 128 valence electrons. The van der Waals surface area contributed by atoms with Crippen molar-refractivity contribution in [2.75, 3.05) is 4.72 Å². The number of anilines is 1. The Bertz CT molecular complexity index is 880. The second-order valence-corrected chi connectivity index (χ2v) is 6.23. The molecule has 1 N–H and O–H groups in total. The highest BCUT2D eigenvalue weighted by atomic mass is 32.2. The van der Waals surface area contributed by atoms with E-state index in [0.29, 0.717) is 18.2 Å². The standard InChI is InChI=1S/C13H8F4N2O4S/c14-11-6-1-8(13(15,16)17)7-12(11)18-24(22,23)10-4-2-9(3-5-10)19(20)21/h1-7,18H. The van der Waals surface area contributed by atoms with Gasteiger partial charge in [0.1, 0.15) is 5.82 Å². The van der Waals surface area contributed by atoms with Gasteiger partial charge in [-0.25, -0.2) is 12.8 Å². The van der Waals surface area contributed by atoms with E-state index in [1.54, 1.807) is 4.72 Å². The van der Waals surface area contributed by atoms with Crippen LogP contribution < -0.4 is 4.72 Å². The van der Waals surface area contributed by atoms with E-state index >= 15 is 0 Å². The highest BCUT2D eigenvalue weighted by molar-refractivity contribution is 7.92. The van der Waals surface area contributed by atoms with Crippen molar-refractivity contribution in [2.45, 2.75) is 11.1 Å². The van der Waals surface area contributed by atoms with Crippen LogP contribution in [0, 0.1) is 15.9 Å². The third-order valence-corrected chi connectivity index (χ3v) is 4.28. The minimum atomic E-state index is -4.78. The minimum Gasteiger partial charge on any atom is -0.277 e. The van der Waals surface area contributed by atoms with Crippen LogP contribution in [-0.2, 0) is 16.2 Å². The number of hydrogen-bond acceptors (Lipinski definition) is 4. The quantitative estimate of drug-likeness (QED) is 0.510. The number of rotatable bonds is 4. The van der Waals surface area contributed by atoms with E-state index in [0.717, 1.165) is 24.3 Å². The van der Waals surface area contributed by atoms with Crippen molar-refractivity contribution >= 4 is 21.4 Å². The summed E-state index contributed by atoms with van der Waals surface area (Å²) in [7, 11) is -4.42. The number of alkyl halides is 3. The monoisotopic (exact) mass is 364 g/mol. The number of hydrogen-bond donors (Lipinski definition) is 1. The summed E-state index contributed by atoms with van der Waals surface area (Å²) in [5.74, 6) is -1.20. The van der Waals surface area contributed by atoms with Crippen LogP contribution in [0.4, 0.5) is 28.9 Å². The van der Waals surface area contributed by atoms with Gasteiger partial charge in [-0.05, 0) is 30.3 Å².